The number of carboxylic acids is 1. The molecule has 0 bridgehead atoms. The van der Waals surface area contributed by atoms with Crippen molar-refractivity contribution in [3.8, 4) is 5.75 Å². The zero-order valence-electron chi connectivity index (χ0n) is 16.3. The number of piperidine rings is 1. The lowest BCUT2D eigenvalue weighted by atomic mass is 9.88. The second-order valence-corrected chi connectivity index (χ2v) is 7.71. The minimum absolute atomic E-state index is 0.0165. The fraction of sp³-hybridized carbons (Fsp3) is 0.526. The predicted molar refractivity (Wildman–Crippen MR) is 103 cm³/mol. The van der Waals surface area contributed by atoms with Gasteiger partial charge in [0.2, 0.25) is 11.8 Å². The fourth-order valence-corrected chi connectivity index (χ4v) is 4.07. The summed E-state index contributed by atoms with van der Waals surface area (Å²) >= 11 is 0. The highest BCUT2D eigenvalue weighted by molar-refractivity contribution is 5.93. The largest absolute Gasteiger partial charge is 0.494 e. The van der Waals surface area contributed by atoms with Gasteiger partial charge in [-0.15, -0.1) is 0 Å². The Labute approximate surface area is 167 Å². The van der Waals surface area contributed by atoms with Gasteiger partial charge in [-0.2, -0.15) is 0 Å². The van der Waals surface area contributed by atoms with Gasteiger partial charge in [-0.25, -0.2) is 10.2 Å². The summed E-state index contributed by atoms with van der Waals surface area (Å²) in [6.07, 6.45) is 1.61. The van der Waals surface area contributed by atoms with E-state index < -0.39 is 11.9 Å². The number of nitrogens with zero attached hydrogens (tertiary/aromatic N) is 1. The topological polar surface area (TPSA) is 132 Å². The lowest BCUT2D eigenvalue weighted by Crippen LogP contribution is -2.63. The van der Waals surface area contributed by atoms with Crippen LogP contribution in [0.3, 0.4) is 0 Å². The van der Waals surface area contributed by atoms with Crippen LogP contribution in [0.15, 0.2) is 18.2 Å². The van der Waals surface area contributed by atoms with Crippen molar-refractivity contribution in [3.05, 3.63) is 23.8 Å². The number of nitrogens with one attached hydrogen (secondary N) is 4. The Kier molecular flexibility index (Phi) is 5.05. The van der Waals surface area contributed by atoms with Crippen LogP contribution < -0.4 is 26.1 Å². The summed E-state index contributed by atoms with van der Waals surface area (Å²) < 4.78 is 5.33. The smallest absolute Gasteiger partial charge is 0.339 e. The first kappa shape index (κ1) is 19.5. The van der Waals surface area contributed by atoms with Gasteiger partial charge in [0, 0.05) is 25.4 Å². The highest BCUT2D eigenvalue weighted by atomic mass is 16.5. The number of carbonyl (C=O) groups is 3. The number of fused-ring (bicyclic) bond motifs is 1. The molecule has 5 N–H and O–H groups in total. The Balaban J connectivity index is 1.59. The Morgan fingerprint density at radius 1 is 1.31 bits per heavy atom. The maximum absolute atomic E-state index is 12.7. The van der Waals surface area contributed by atoms with E-state index in [4.69, 9.17) is 4.74 Å². The summed E-state index contributed by atoms with van der Waals surface area (Å²) in [7, 11) is 3.07. The van der Waals surface area contributed by atoms with E-state index in [1.54, 1.807) is 19.2 Å². The maximum atomic E-state index is 12.7. The van der Waals surface area contributed by atoms with Crippen LogP contribution in [-0.2, 0) is 9.59 Å². The third-order valence-electron chi connectivity index (χ3n) is 5.67. The minimum Gasteiger partial charge on any atom is -0.494 e. The number of carboxylic acid groups (broad SMARTS) is 1. The first-order valence-corrected chi connectivity index (χ1v) is 9.66. The molecule has 2 aliphatic heterocycles. The minimum atomic E-state index is -1.10. The van der Waals surface area contributed by atoms with Crippen molar-refractivity contribution in [2.45, 2.75) is 37.6 Å². The fourth-order valence-electron chi connectivity index (χ4n) is 4.07. The highest BCUT2D eigenvalue weighted by Crippen LogP contribution is 2.34. The van der Waals surface area contributed by atoms with Crippen LogP contribution in [0, 0.1) is 11.8 Å². The van der Waals surface area contributed by atoms with Crippen LogP contribution in [0.25, 0.3) is 0 Å². The van der Waals surface area contributed by atoms with E-state index in [1.807, 2.05) is 0 Å². The number of ether oxygens (including phenoxy) is 1. The van der Waals surface area contributed by atoms with Crippen molar-refractivity contribution in [3.63, 3.8) is 0 Å². The molecule has 0 radical (unpaired) electrons. The van der Waals surface area contributed by atoms with Crippen LogP contribution in [0.1, 0.15) is 29.6 Å². The van der Waals surface area contributed by atoms with Gasteiger partial charge in [-0.3, -0.25) is 19.9 Å². The second-order valence-electron chi connectivity index (χ2n) is 7.71. The molecule has 0 aromatic heterocycles. The molecule has 2 saturated heterocycles. The molecule has 156 valence electrons. The normalized spacial score (nSPS) is 28.6. The van der Waals surface area contributed by atoms with Crippen molar-refractivity contribution in [1.29, 1.82) is 0 Å². The summed E-state index contributed by atoms with van der Waals surface area (Å²) in [6, 6.07) is 4.47. The van der Waals surface area contributed by atoms with Crippen molar-refractivity contribution >= 4 is 23.5 Å². The van der Waals surface area contributed by atoms with Crippen molar-refractivity contribution in [1.82, 2.24) is 21.1 Å². The van der Waals surface area contributed by atoms with Crippen molar-refractivity contribution < 1.29 is 24.2 Å². The number of hydrazine groups is 1. The van der Waals surface area contributed by atoms with Gasteiger partial charge in [-0.05, 0) is 25.0 Å². The van der Waals surface area contributed by atoms with E-state index >= 15 is 0 Å². The van der Waals surface area contributed by atoms with E-state index in [-0.39, 0.29) is 47.4 Å². The van der Waals surface area contributed by atoms with Crippen LogP contribution in [0.2, 0.25) is 0 Å². The van der Waals surface area contributed by atoms with Gasteiger partial charge in [-0.1, -0.05) is 6.07 Å². The average Bonchev–Trinajstić information content (AvgIpc) is 3.48. The zero-order valence-corrected chi connectivity index (χ0v) is 16.3. The number of methoxy groups -OCH3 is 1. The van der Waals surface area contributed by atoms with Gasteiger partial charge >= 0.3 is 5.97 Å². The number of benzene rings is 1. The molecule has 10 heteroatoms. The summed E-state index contributed by atoms with van der Waals surface area (Å²) in [4.78, 5) is 36.4. The molecule has 1 saturated carbocycles. The van der Waals surface area contributed by atoms with Crippen LogP contribution in [0.5, 0.6) is 5.75 Å². The van der Waals surface area contributed by atoms with Gasteiger partial charge in [0.15, 0.2) is 5.75 Å². The van der Waals surface area contributed by atoms with Crippen molar-refractivity contribution in [2.75, 3.05) is 19.5 Å². The number of amides is 2. The number of hydrogen-bond donors (Lipinski definition) is 5. The first-order valence-electron chi connectivity index (χ1n) is 9.66. The predicted octanol–water partition coefficient (Wildman–Crippen LogP) is -0.0616. The molecule has 0 spiro atoms. The summed E-state index contributed by atoms with van der Waals surface area (Å²) in [6.45, 7) is 0. The van der Waals surface area contributed by atoms with Crippen LogP contribution in [-0.4, -0.2) is 60.4 Å². The van der Waals surface area contributed by atoms with Gasteiger partial charge in [0.1, 0.15) is 5.56 Å². The number of hydrogen-bond acceptors (Lipinski definition) is 7. The van der Waals surface area contributed by atoms with E-state index in [9.17, 15) is 19.5 Å². The van der Waals surface area contributed by atoms with Gasteiger partial charge in [0.05, 0.1) is 31.0 Å². The molecule has 4 unspecified atom stereocenters. The number of anilines is 1. The lowest BCUT2D eigenvalue weighted by molar-refractivity contribution is -0.131. The van der Waals surface area contributed by atoms with Crippen LogP contribution >= 0.6 is 0 Å². The molecule has 1 aromatic rings. The molecule has 2 heterocycles. The van der Waals surface area contributed by atoms with Crippen molar-refractivity contribution in [2.24, 2.45) is 11.8 Å². The Bertz CT molecular complexity index is 842. The number of rotatable bonds is 6. The van der Waals surface area contributed by atoms with E-state index in [0.717, 1.165) is 12.8 Å². The van der Waals surface area contributed by atoms with E-state index in [0.29, 0.717) is 12.1 Å². The molecule has 1 aromatic carbocycles. The number of carbonyl (C=O) groups excluding carboxylic acids is 2. The average molecular weight is 403 g/mol. The third-order valence-corrected chi connectivity index (χ3v) is 5.67. The molecular formula is C19H25N5O5. The van der Waals surface area contributed by atoms with E-state index in [2.05, 4.69) is 21.4 Å². The third kappa shape index (κ3) is 3.73. The molecular weight excluding hydrogens is 378 g/mol. The van der Waals surface area contributed by atoms with Gasteiger partial charge in [0.25, 0.3) is 0 Å². The Hall–Kier alpha value is -2.85. The Morgan fingerprint density at radius 2 is 2.07 bits per heavy atom. The molecule has 10 nitrogen and oxygen atoms in total. The first-order chi connectivity index (χ1) is 13.9. The maximum Gasteiger partial charge on any atom is 0.339 e. The number of para-hydroxylation sites is 1. The lowest BCUT2D eigenvalue weighted by Gasteiger charge is -2.38. The number of aromatic carboxylic acids is 1. The van der Waals surface area contributed by atoms with Crippen LogP contribution in [0.4, 0.5) is 5.69 Å². The van der Waals surface area contributed by atoms with E-state index in [1.165, 1.54) is 18.2 Å². The highest BCUT2D eigenvalue weighted by Gasteiger charge is 2.49. The monoisotopic (exact) mass is 403 g/mol. The Morgan fingerprint density at radius 3 is 2.72 bits per heavy atom. The zero-order chi connectivity index (χ0) is 20.7. The quantitative estimate of drug-likeness (QED) is 0.446. The summed E-state index contributed by atoms with van der Waals surface area (Å²) in [5.41, 5.74) is 3.61. The standard InChI is InChI=1S/C19H25N5O5/c1-24-18(26)14-12(20-11-5-3-4-10(19(27)28)15(11)29-2)8-13(21-16(14)23-24)22-17(25)9-6-7-9/h3-5,9,12-14,16,20-21,23H,6-8H2,1-2H3,(H,22,25)(H,27,28). The molecule has 3 fully saturated rings. The summed E-state index contributed by atoms with van der Waals surface area (Å²) in [5, 5.41) is 20.5. The second kappa shape index (κ2) is 7.53. The summed E-state index contributed by atoms with van der Waals surface area (Å²) in [5.74, 6) is -1.30. The molecule has 1 aliphatic carbocycles. The molecule has 2 amide bonds. The molecule has 29 heavy (non-hydrogen) atoms. The van der Waals surface area contributed by atoms with Gasteiger partial charge < -0.3 is 20.5 Å². The molecule has 4 atom stereocenters. The molecule has 4 rings (SSSR count). The SMILES string of the molecule is COc1c(NC2CC(NC(=O)C3CC3)NC3NN(C)C(=O)C23)cccc1C(=O)O. The molecule has 3 aliphatic rings.